The molecule has 0 spiro atoms. The highest BCUT2D eigenvalue weighted by Crippen LogP contribution is 2.50. The molecule has 2 nitrogen and oxygen atoms in total. The average Bonchev–Trinajstić information content (AvgIpc) is 3.97. The van der Waals surface area contributed by atoms with Crippen molar-refractivity contribution >= 4 is 51.4 Å². The maximum Gasteiger partial charge on any atom is 0.0544 e. The molecule has 0 amide bonds. The van der Waals surface area contributed by atoms with Crippen molar-refractivity contribution in [3.05, 3.63) is 229 Å². The number of thiol groups is 1. The van der Waals surface area contributed by atoms with E-state index in [1.165, 1.54) is 96.0 Å². The lowest BCUT2D eigenvalue weighted by molar-refractivity contribution is 0.660. The fourth-order valence-corrected chi connectivity index (χ4v) is 10.1. The molecule has 1 aromatic heterocycles. The van der Waals surface area contributed by atoms with Crippen LogP contribution in [0, 0.1) is 0 Å². The zero-order valence-electron chi connectivity index (χ0n) is 46.2. The van der Waals surface area contributed by atoms with Gasteiger partial charge < -0.3 is 9.88 Å². The average molecular weight is 994 g/mol. The number of para-hydroxylation sites is 2. The van der Waals surface area contributed by atoms with Crippen molar-refractivity contribution in [3.63, 3.8) is 0 Å². The second kappa shape index (κ2) is 27.3. The van der Waals surface area contributed by atoms with E-state index in [1.807, 2.05) is 53.7 Å². The van der Waals surface area contributed by atoms with Gasteiger partial charge in [0.2, 0.25) is 0 Å². The highest BCUT2D eigenvalue weighted by molar-refractivity contribution is 7.80. The van der Waals surface area contributed by atoms with Crippen LogP contribution in [0.2, 0.25) is 0 Å². The Morgan fingerprint density at radius 2 is 1.07 bits per heavy atom. The Morgan fingerprint density at radius 3 is 1.74 bits per heavy atom. The summed E-state index contributed by atoms with van der Waals surface area (Å²) in [6.45, 7) is 26.6. The first-order chi connectivity index (χ1) is 36.2. The first-order valence-electron chi connectivity index (χ1n) is 27.4. The lowest BCUT2D eigenvalue weighted by atomic mass is 9.82. The van der Waals surface area contributed by atoms with Gasteiger partial charge in [0, 0.05) is 49.2 Å². The van der Waals surface area contributed by atoms with Crippen molar-refractivity contribution in [2.75, 3.05) is 4.90 Å². The summed E-state index contributed by atoms with van der Waals surface area (Å²) < 4.78 is 0. The first-order valence-corrected chi connectivity index (χ1v) is 27.8. The Hall–Kier alpha value is -7.07. The fraction of sp³-hybridized carbons (Fsp3) is 0.239. The molecule has 0 aliphatic heterocycles. The Bertz CT molecular complexity index is 3300. The number of hydrogen-bond acceptors (Lipinski definition) is 2. The van der Waals surface area contributed by atoms with Crippen LogP contribution in [0.25, 0.3) is 71.9 Å². The van der Waals surface area contributed by atoms with E-state index in [9.17, 15) is 0 Å². The van der Waals surface area contributed by atoms with Crippen LogP contribution in [0.5, 0.6) is 0 Å². The number of fused-ring (bicyclic) bond motifs is 6. The zero-order valence-corrected chi connectivity index (χ0v) is 47.1. The SMILES string of the molecule is C=CCC.CC.CC.CC.CC1(C)c2ccccc2-c2cc(-c3ccc(N(C4=CC=C(c5cccc(-c6ccccc6S)c5)CC4)c4cccc(-c5cccc6c5[nH]c5ccccc56)c4)cc3)ccc21.CCCC. The van der Waals surface area contributed by atoms with Crippen LogP contribution >= 0.6 is 12.6 Å². The number of hydrogen-bond donors (Lipinski definition) is 2. The number of benzene rings is 8. The summed E-state index contributed by atoms with van der Waals surface area (Å²) in [5, 5.41) is 2.49. The van der Waals surface area contributed by atoms with Crippen molar-refractivity contribution in [1.29, 1.82) is 0 Å². The highest BCUT2D eigenvalue weighted by Gasteiger charge is 2.35. The molecule has 0 fully saturated rings. The van der Waals surface area contributed by atoms with Gasteiger partial charge in [0.25, 0.3) is 0 Å². The lowest BCUT2D eigenvalue weighted by Gasteiger charge is -2.30. The third kappa shape index (κ3) is 12.3. The molecule has 1 heterocycles. The standard InChI is InChI=1S/C57H44N2S.C4H10.C4H8.3C2H6/c1-57(2)52-21-6-3-17-48(52)51-36-40(28-33-53(51)57)38-26-31-44(32-27-38)59(43-29-24-37(25-30-43)39-12-9-13-41(34-39)46-16-5-8-23-55(46)60)45-15-10-14-42(35-45)47-19-11-20-50-49-18-4-7-22-54(49)58-56(47)50;2*1-3-4-2;3*1-2/h3-24,26-29,31-36,58,60H,25,30H2,1-2H3;3-4H2,1-2H3;3H,1,4H2,2H3;3*1-2H3. The molecule has 74 heavy (non-hydrogen) atoms. The molecular formula is C71H80N2S. The van der Waals surface area contributed by atoms with Gasteiger partial charge in [-0.1, -0.05) is 235 Å². The van der Waals surface area contributed by atoms with Crippen molar-refractivity contribution in [1.82, 2.24) is 4.98 Å². The molecule has 0 atom stereocenters. The summed E-state index contributed by atoms with van der Waals surface area (Å²) in [6, 6.07) is 66.6. The molecule has 1 N–H and O–H groups in total. The molecule has 8 aromatic carbocycles. The van der Waals surface area contributed by atoms with E-state index in [4.69, 9.17) is 12.6 Å². The van der Waals surface area contributed by atoms with Crippen LogP contribution in [-0.4, -0.2) is 4.98 Å². The van der Waals surface area contributed by atoms with E-state index < -0.39 is 0 Å². The van der Waals surface area contributed by atoms with E-state index >= 15 is 0 Å². The van der Waals surface area contributed by atoms with Crippen LogP contribution < -0.4 is 4.90 Å². The molecule has 9 aromatic rings. The molecule has 0 radical (unpaired) electrons. The van der Waals surface area contributed by atoms with Crippen LogP contribution in [0.15, 0.2) is 217 Å². The van der Waals surface area contributed by atoms with Gasteiger partial charge in [0.15, 0.2) is 0 Å². The predicted octanol–water partition coefficient (Wildman–Crippen LogP) is 22.3. The fourth-order valence-electron chi connectivity index (χ4n) is 9.77. The van der Waals surface area contributed by atoms with Crippen molar-refractivity contribution in [2.24, 2.45) is 0 Å². The van der Waals surface area contributed by atoms with E-state index in [1.54, 1.807) is 0 Å². The maximum absolute atomic E-state index is 4.76. The minimum Gasteiger partial charge on any atom is -0.354 e. The number of anilines is 2. The molecule has 0 saturated heterocycles. The number of nitrogens with zero attached hydrogens (tertiary/aromatic N) is 1. The summed E-state index contributed by atoms with van der Waals surface area (Å²) in [6.07, 6.45) is 12.1. The normalized spacial score (nSPS) is 12.4. The molecule has 380 valence electrons. The molecule has 11 rings (SSSR count). The molecule has 3 heteroatoms. The van der Waals surface area contributed by atoms with Crippen molar-refractivity contribution in [3.8, 4) is 44.5 Å². The number of aromatic nitrogens is 1. The second-order valence-electron chi connectivity index (χ2n) is 18.4. The van der Waals surface area contributed by atoms with Gasteiger partial charge in [-0.2, -0.15) is 0 Å². The van der Waals surface area contributed by atoms with Crippen LogP contribution in [0.3, 0.4) is 0 Å². The van der Waals surface area contributed by atoms with E-state index in [-0.39, 0.29) is 5.41 Å². The van der Waals surface area contributed by atoms with Crippen LogP contribution in [-0.2, 0) is 5.41 Å². The number of rotatable bonds is 9. The molecule has 2 aliphatic rings. The number of aromatic amines is 1. The number of nitrogens with one attached hydrogen (secondary N) is 1. The molecule has 0 bridgehead atoms. The maximum atomic E-state index is 4.76. The number of H-pyrrole nitrogens is 1. The summed E-state index contributed by atoms with van der Waals surface area (Å²) >= 11 is 4.76. The van der Waals surface area contributed by atoms with E-state index in [0.717, 1.165) is 46.6 Å². The van der Waals surface area contributed by atoms with E-state index in [2.05, 4.69) is 239 Å². The summed E-state index contributed by atoms with van der Waals surface area (Å²) in [7, 11) is 0. The first kappa shape index (κ1) is 56.2. The highest BCUT2D eigenvalue weighted by atomic mass is 32.1. The molecule has 0 unspecified atom stereocenters. The minimum absolute atomic E-state index is 0.00802. The largest absolute Gasteiger partial charge is 0.354 e. The molecular weight excluding hydrogens is 913 g/mol. The topological polar surface area (TPSA) is 19.0 Å². The Kier molecular flexibility index (Phi) is 20.7. The Labute approximate surface area is 451 Å². The van der Waals surface area contributed by atoms with Crippen LogP contribution in [0.1, 0.15) is 125 Å². The van der Waals surface area contributed by atoms with Crippen molar-refractivity contribution in [2.45, 2.75) is 119 Å². The smallest absolute Gasteiger partial charge is 0.0544 e. The summed E-state index contributed by atoms with van der Waals surface area (Å²) in [4.78, 5) is 7.19. The predicted molar refractivity (Wildman–Crippen MR) is 332 cm³/mol. The van der Waals surface area contributed by atoms with Gasteiger partial charge in [-0.15, -0.1) is 19.2 Å². The van der Waals surface area contributed by atoms with Gasteiger partial charge in [0.1, 0.15) is 0 Å². The van der Waals surface area contributed by atoms with Gasteiger partial charge in [0.05, 0.1) is 5.52 Å². The third-order valence-corrected chi connectivity index (χ3v) is 14.0. The van der Waals surface area contributed by atoms with Crippen LogP contribution in [0.4, 0.5) is 11.4 Å². The monoisotopic (exact) mass is 993 g/mol. The van der Waals surface area contributed by atoms with Crippen molar-refractivity contribution < 1.29 is 0 Å². The van der Waals surface area contributed by atoms with E-state index in [0.29, 0.717) is 0 Å². The number of unbranched alkanes of at least 4 members (excludes halogenated alkanes) is 1. The number of allylic oxidation sites excluding steroid dienone is 5. The molecule has 0 saturated carbocycles. The summed E-state index contributed by atoms with van der Waals surface area (Å²) in [5.74, 6) is 0. The lowest BCUT2D eigenvalue weighted by Crippen LogP contribution is -2.18. The molecule has 2 aliphatic carbocycles. The quantitative estimate of drug-likeness (QED) is 0.109. The third-order valence-electron chi connectivity index (χ3n) is 13.7. The second-order valence-corrected chi connectivity index (χ2v) is 18.9. The minimum atomic E-state index is -0.00802. The zero-order chi connectivity index (χ0) is 53.2. The van der Waals surface area contributed by atoms with Gasteiger partial charge in [-0.25, -0.2) is 0 Å². The van der Waals surface area contributed by atoms with Gasteiger partial charge in [-0.05, 0) is 135 Å². The van der Waals surface area contributed by atoms with Gasteiger partial charge in [-0.3, -0.25) is 0 Å². The van der Waals surface area contributed by atoms with Gasteiger partial charge >= 0.3 is 0 Å². The summed E-state index contributed by atoms with van der Waals surface area (Å²) in [5.41, 5.74) is 21.1. The Morgan fingerprint density at radius 1 is 0.500 bits per heavy atom. The Balaban J connectivity index is 0.000000579.